The van der Waals surface area contributed by atoms with Crippen LogP contribution in [0, 0.1) is 6.92 Å². The van der Waals surface area contributed by atoms with E-state index in [-0.39, 0.29) is 5.91 Å². The van der Waals surface area contributed by atoms with E-state index in [1.165, 1.54) is 0 Å². The number of rotatable bonds is 5. The summed E-state index contributed by atoms with van der Waals surface area (Å²) < 4.78 is 5.13. The molecule has 0 aliphatic rings. The Labute approximate surface area is 157 Å². The highest BCUT2D eigenvalue weighted by Crippen LogP contribution is 2.21. The molecular weight excluding hydrogens is 350 g/mol. The molecule has 0 bridgehead atoms. The Morgan fingerprint density at radius 2 is 1.77 bits per heavy atom. The molecule has 0 spiro atoms. The number of aryl methyl sites for hydroxylation is 1. The van der Waals surface area contributed by atoms with Crippen LogP contribution in [0.1, 0.15) is 16.1 Å². The number of aromatic nitrogens is 1. The standard InChI is InChI=1S/C20H18ClN3O2/c1-13-11-14(21)3-9-18(13)24-20(25)19-10-6-16(12-22-19)23-15-4-7-17(26-2)8-5-15/h3-12,23H,1-2H3,(H,24,25). The normalized spacial score (nSPS) is 10.3. The van der Waals surface area contributed by atoms with Gasteiger partial charge in [0.15, 0.2) is 0 Å². The summed E-state index contributed by atoms with van der Waals surface area (Å²) in [4.78, 5) is 16.6. The van der Waals surface area contributed by atoms with Gasteiger partial charge in [-0.15, -0.1) is 0 Å². The molecule has 0 aliphatic carbocycles. The third-order valence-corrected chi connectivity index (χ3v) is 4.05. The van der Waals surface area contributed by atoms with E-state index in [0.717, 1.165) is 22.7 Å². The zero-order chi connectivity index (χ0) is 18.5. The van der Waals surface area contributed by atoms with E-state index in [1.54, 1.807) is 43.6 Å². The van der Waals surface area contributed by atoms with Crippen LogP contribution in [0.2, 0.25) is 5.02 Å². The van der Waals surface area contributed by atoms with E-state index < -0.39 is 0 Å². The Kier molecular flexibility index (Phi) is 5.39. The van der Waals surface area contributed by atoms with Gasteiger partial charge >= 0.3 is 0 Å². The van der Waals surface area contributed by atoms with E-state index in [4.69, 9.17) is 16.3 Å². The number of amides is 1. The van der Waals surface area contributed by atoms with Crippen molar-refractivity contribution < 1.29 is 9.53 Å². The van der Waals surface area contributed by atoms with Gasteiger partial charge in [-0.1, -0.05) is 11.6 Å². The van der Waals surface area contributed by atoms with Crippen LogP contribution in [0.25, 0.3) is 0 Å². The molecule has 0 aliphatic heterocycles. The monoisotopic (exact) mass is 367 g/mol. The molecule has 0 saturated heterocycles. The SMILES string of the molecule is COc1ccc(Nc2ccc(C(=O)Nc3ccc(Cl)cc3C)nc2)cc1. The number of benzene rings is 2. The summed E-state index contributed by atoms with van der Waals surface area (Å²) in [6, 6.07) is 16.3. The van der Waals surface area contributed by atoms with Crippen molar-refractivity contribution in [3.8, 4) is 5.75 Å². The first-order chi connectivity index (χ1) is 12.5. The van der Waals surface area contributed by atoms with E-state index in [2.05, 4.69) is 15.6 Å². The molecule has 0 saturated carbocycles. The molecule has 0 atom stereocenters. The fourth-order valence-corrected chi connectivity index (χ4v) is 2.62. The lowest BCUT2D eigenvalue weighted by molar-refractivity contribution is 0.102. The first-order valence-corrected chi connectivity index (χ1v) is 8.37. The van der Waals surface area contributed by atoms with Crippen LogP contribution in [0.3, 0.4) is 0 Å². The average molecular weight is 368 g/mol. The number of ether oxygens (including phenoxy) is 1. The second-order valence-electron chi connectivity index (χ2n) is 5.70. The Hall–Kier alpha value is -3.05. The fraction of sp³-hybridized carbons (Fsp3) is 0.100. The van der Waals surface area contributed by atoms with Crippen LogP contribution in [0.15, 0.2) is 60.8 Å². The van der Waals surface area contributed by atoms with Crippen molar-refractivity contribution in [3.05, 3.63) is 77.1 Å². The van der Waals surface area contributed by atoms with E-state index in [0.29, 0.717) is 16.4 Å². The van der Waals surface area contributed by atoms with Gasteiger partial charge in [-0.3, -0.25) is 4.79 Å². The van der Waals surface area contributed by atoms with E-state index >= 15 is 0 Å². The smallest absolute Gasteiger partial charge is 0.274 e. The van der Waals surface area contributed by atoms with Gasteiger partial charge in [-0.05, 0) is 67.1 Å². The molecule has 0 fully saturated rings. The maximum Gasteiger partial charge on any atom is 0.274 e. The molecule has 1 amide bonds. The van der Waals surface area contributed by atoms with Gasteiger partial charge in [0.1, 0.15) is 11.4 Å². The van der Waals surface area contributed by atoms with Crippen LogP contribution >= 0.6 is 11.6 Å². The maximum atomic E-state index is 12.4. The van der Waals surface area contributed by atoms with Crippen LogP contribution in [0.4, 0.5) is 17.1 Å². The lowest BCUT2D eigenvalue weighted by Crippen LogP contribution is -2.14. The van der Waals surface area contributed by atoms with Crippen molar-refractivity contribution in [3.63, 3.8) is 0 Å². The number of anilines is 3. The molecule has 132 valence electrons. The summed E-state index contributed by atoms with van der Waals surface area (Å²) in [5.74, 6) is 0.518. The topological polar surface area (TPSA) is 63.2 Å². The predicted molar refractivity (Wildman–Crippen MR) is 105 cm³/mol. The molecule has 1 heterocycles. The first kappa shape index (κ1) is 17.8. The number of hydrogen-bond donors (Lipinski definition) is 2. The van der Waals surface area contributed by atoms with Gasteiger partial charge in [0.2, 0.25) is 0 Å². The third-order valence-electron chi connectivity index (χ3n) is 3.81. The number of carbonyl (C=O) groups is 1. The molecule has 2 aromatic carbocycles. The second kappa shape index (κ2) is 7.89. The highest BCUT2D eigenvalue weighted by Gasteiger charge is 2.09. The Morgan fingerprint density at radius 1 is 1.04 bits per heavy atom. The van der Waals surface area contributed by atoms with Crippen molar-refractivity contribution >= 4 is 34.6 Å². The molecule has 0 radical (unpaired) electrons. The van der Waals surface area contributed by atoms with Crippen LogP contribution in [-0.4, -0.2) is 18.0 Å². The summed E-state index contributed by atoms with van der Waals surface area (Å²) >= 11 is 5.93. The Morgan fingerprint density at radius 3 is 2.38 bits per heavy atom. The quantitative estimate of drug-likeness (QED) is 0.662. The summed E-state index contributed by atoms with van der Waals surface area (Å²) in [6.45, 7) is 1.89. The van der Waals surface area contributed by atoms with Crippen LogP contribution in [-0.2, 0) is 0 Å². The van der Waals surface area contributed by atoms with E-state index in [1.807, 2.05) is 31.2 Å². The predicted octanol–water partition coefficient (Wildman–Crippen LogP) is 5.05. The second-order valence-corrected chi connectivity index (χ2v) is 6.14. The minimum Gasteiger partial charge on any atom is -0.497 e. The van der Waals surface area contributed by atoms with Gasteiger partial charge in [0.05, 0.1) is 19.0 Å². The summed E-state index contributed by atoms with van der Waals surface area (Å²) in [7, 11) is 1.63. The Bertz CT molecular complexity index is 909. The van der Waals surface area contributed by atoms with Crippen molar-refractivity contribution in [2.45, 2.75) is 6.92 Å². The lowest BCUT2D eigenvalue weighted by Gasteiger charge is -2.10. The number of carbonyl (C=O) groups excluding carboxylic acids is 1. The van der Waals surface area contributed by atoms with Crippen LogP contribution in [0.5, 0.6) is 5.75 Å². The molecule has 3 rings (SSSR count). The summed E-state index contributed by atoms with van der Waals surface area (Å²) in [5.41, 5.74) is 3.63. The number of nitrogens with one attached hydrogen (secondary N) is 2. The van der Waals surface area contributed by atoms with Crippen LogP contribution < -0.4 is 15.4 Å². The maximum absolute atomic E-state index is 12.4. The zero-order valence-corrected chi connectivity index (χ0v) is 15.2. The third kappa shape index (κ3) is 4.32. The largest absolute Gasteiger partial charge is 0.497 e. The molecule has 3 aromatic rings. The highest BCUT2D eigenvalue weighted by molar-refractivity contribution is 6.30. The fourth-order valence-electron chi connectivity index (χ4n) is 2.40. The van der Waals surface area contributed by atoms with Crippen molar-refractivity contribution in [2.24, 2.45) is 0 Å². The van der Waals surface area contributed by atoms with Crippen molar-refractivity contribution in [1.82, 2.24) is 4.98 Å². The molecule has 26 heavy (non-hydrogen) atoms. The van der Waals surface area contributed by atoms with Crippen molar-refractivity contribution in [2.75, 3.05) is 17.7 Å². The summed E-state index contributed by atoms with van der Waals surface area (Å²) in [6.07, 6.45) is 1.62. The number of hydrogen-bond acceptors (Lipinski definition) is 4. The minimum absolute atomic E-state index is 0.272. The summed E-state index contributed by atoms with van der Waals surface area (Å²) in [5, 5.41) is 6.70. The Balaban J connectivity index is 1.67. The first-order valence-electron chi connectivity index (χ1n) is 8.00. The number of nitrogens with zero attached hydrogens (tertiary/aromatic N) is 1. The van der Waals surface area contributed by atoms with Crippen molar-refractivity contribution in [1.29, 1.82) is 0 Å². The molecule has 5 nitrogen and oxygen atoms in total. The van der Waals surface area contributed by atoms with Gasteiger partial charge in [0.25, 0.3) is 5.91 Å². The van der Waals surface area contributed by atoms with Gasteiger partial charge < -0.3 is 15.4 Å². The molecule has 6 heteroatoms. The zero-order valence-electron chi connectivity index (χ0n) is 14.4. The molecule has 0 unspecified atom stereocenters. The highest BCUT2D eigenvalue weighted by atomic mass is 35.5. The number of pyridine rings is 1. The average Bonchev–Trinajstić information content (AvgIpc) is 2.65. The van der Waals surface area contributed by atoms with Gasteiger partial charge in [-0.2, -0.15) is 0 Å². The molecule has 2 N–H and O–H groups in total. The lowest BCUT2D eigenvalue weighted by atomic mass is 10.2. The van der Waals surface area contributed by atoms with Gasteiger partial charge in [0, 0.05) is 16.4 Å². The number of methoxy groups -OCH3 is 1. The van der Waals surface area contributed by atoms with E-state index in [9.17, 15) is 4.79 Å². The molecular formula is C20H18ClN3O2. The van der Waals surface area contributed by atoms with Gasteiger partial charge in [-0.25, -0.2) is 4.98 Å². The number of halogens is 1. The minimum atomic E-state index is -0.272. The molecule has 1 aromatic heterocycles.